The van der Waals surface area contributed by atoms with Gasteiger partial charge in [0.2, 0.25) is 5.91 Å². The summed E-state index contributed by atoms with van der Waals surface area (Å²) >= 11 is 7.63. The summed E-state index contributed by atoms with van der Waals surface area (Å²) in [5.41, 5.74) is 1.74. The van der Waals surface area contributed by atoms with E-state index in [0.717, 1.165) is 47.6 Å². The minimum absolute atomic E-state index is 0.107. The second-order valence-corrected chi connectivity index (χ2v) is 8.54. The quantitative estimate of drug-likeness (QED) is 0.727. The van der Waals surface area contributed by atoms with Crippen molar-refractivity contribution in [2.24, 2.45) is 9.98 Å². The number of halogens is 1. The molecule has 0 N–H and O–H groups in total. The Morgan fingerprint density at radius 2 is 2.10 bits per heavy atom. The first kappa shape index (κ1) is 19.6. The van der Waals surface area contributed by atoms with Crippen LogP contribution in [0.25, 0.3) is 5.69 Å². The Bertz CT molecular complexity index is 1030. The van der Waals surface area contributed by atoms with Crippen molar-refractivity contribution in [3.8, 4) is 5.69 Å². The molecule has 0 radical (unpaired) electrons. The van der Waals surface area contributed by atoms with Gasteiger partial charge in [-0.3, -0.25) is 9.79 Å². The number of amides is 1. The number of benzene rings is 1. The highest BCUT2D eigenvalue weighted by Gasteiger charge is 2.32. The first-order chi connectivity index (χ1) is 14.7. The van der Waals surface area contributed by atoms with Gasteiger partial charge in [-0.25, -0.2) is 9.67 Å². The van der Waals surface area contributed by atoms with Crippen LogP contribution < -0.4 is 0 Å². The molecule has 1 saturated heterocycles. The zero-order valence-electron chi connectivity index (χ0n) is 16.3. The molecular formula is C20H21ClN6O2S. The topological polar surface area (TPSA) is 75.3 Å². The third kappa shape index (κ3) is 3.73. The number of carbonyl (C=O) groups excluding carboxylic acids is 1. The molecule has 4 heterocycles. The highest BCUT2D eigenvalue weighted by molar-refractivity contribution is 8.14. The number of hydrogen-bond acceptors (Lipinski definition) is 7. The Balaban J connectivity index is 1.45. The second-order valence-electron chi connectivity index (χ2n) is 7.16. The Labute approximate surface area is 183 Å². The van der Waals surface area contributed by atoms with Crippen molar-refractivity contribution in [3.05, 3.63) is 41.0 Å². The summed E-state index contributed by atoms with van der Waals surface area (Å²) in [5, 5.41) is 5.97. The van der Waals surface area contributed by atoms with Gasteiger partial charge in [-0.15, -0.1) is 0 Å². The summed E-state index contributed by atoms with van der Waals surface area (Å²) in [7, 11) is 0. The van der Waals surface area contributed by atoms with Gasteiger partial charge in [0, 0.05) is 31.2 Å². The number of nitrogens with zero attached hydrogens (tertiary/aromatic N) is 6. The molecule has 0 bridgehead atoms. The highest BCUT2D eigenvalue weighted by Crippen LogP contribution is 2.33. The number of carbonyl (C=O) groups is 1. The molecule has 3 aliphatic rings. The number of rotatable bonds is 3. The van der Waals surface area contributed by atoms with E-state index in [9.17, 15) is 4.79 Å². The van der Waals surface area contributed by atoms with Crippen LogP contribution >= 0.6 is 23.4 Å². The summed E-state index contributed by atoms with van der Waals surface area (Å²) in [5.74, 6) is 2.04. The van der Waals surface area contributed by atoms with Crippen LogP contribution in [0.3, 0.4) is 0 Å². The van der Waals surface area contributed by atoms with Crippen molar-refractivity contribution in [2.75, 3.05) is 45.1 Å². The van der Waals surface area contributed by atoms with Crippen molar-refractivity contribution < 1.29 is 9.53 Å². The van der Waals surface area contributed by atoms with E-state index < -0.39 is 0 Å². The molecule has 0 atom stereocenters. The predicted octanol–water partition coefficient (Wildman–Crippen LogP) is 2.57. The van der Waals surface area contributed by atoms with Gasteiger partial charge in [0.05, 0.1) is 36.4 Å². The lowest BCUT2D eigenvalue weighted by molar-refractivity contribution is -0.132. The molecule has 0 saturated carbocycles. The van der Waals surface area contributed by atoms with Gasteiger partial charge in [-0.2, -0.15) is 5.10 Å². The number of morpholine rings is 1. The van der Waals surface area contributed by atoms with Crippen LogP contribution in [0.1, 0.15) is 12.0 Å². The molecule has 8 nitrogen and oxygen atoms in total. The van der Waals surface area contributed by atoms with Gasteiger partial charge >= 0.3 is 0 Å². The van der Waals surface area contributed by atoms with Crippen molar-refractivity contribution >= 4 is 46.1 Å². The predicted molar refractivity (Wildman–Crippen MR) is 118 cm³/mol. The Morgan fingerprint density at radius 1 is 1.23 bits per heavy atom. The Kier molecular flexibility index (Phi) is 5.49. The fraction of sp³-hybridized carbons (Fsp3) is 0.400. The summed E-state index contributed by atoms with van der Waals surface area (Å²) in [6.07, 6.45) is 2.76. The van der Waals surface area contributed by atoms with Crippen LogP contribution in [0, 0.1) is 0 Å². The zero-order chi connectivity index (χ0) is 20.5. The first-order valence-electron chi connectivity index (χ1n) is 9.94. The average Bonchev–Trinajstić information content (AvgIpc) is 3.22. The molecule has 0 aliphatic carbocycles. The minimum atomic E-state index is 0.107. The maximum Gasteiger partial charge on any atom is 0.233 e. The maximum atomic E-state index is 12.6. The average molecular weight is 445 g/mol. The van der Waals surface area contributed by atoms with E-state index in [2.05, 4.69) is 10.00 Å². The SMILES string of the molecule is O=C(CSC1=Nc2c(cnn2-c2cccc(Cl)c2)C2=NCCCN12)N1CCOCC1. The molecule has 5 rings (SSSR count). The molecule has 0 unspecified atom stereocenters. The van der Waals surface area contributed by atoms with Gasteiger partial charge in [0.1, 0.15) is 5.84 Å². The monoisotopic (exact) mass is 444 g/mol. The third-order valence-electron chi connectivity index (χ3n) is 5.22. The van der Waals surface area contributed by atoms with Crippen LogP contribution in [-0.4, -0.2) is 81.6 Å². The number of fused-ring (bicyclic) bond motifs is 3. The molecule has 1 aromatic carbocycles. The molecule has 156 valence electrons. The lowest BCUT2D eigenvalue weighted by atomic mass is 10.2. The van der Waals surface area contributed by atoms with E-state index in [1.165, 1.54) is 11.8 Å². The van der Waals surface area contributed by atoms with Gasteiger partial charge in [-0.05, 0) is 24.6 Å². The summed E-state index contributed by atoms with van der Waals surface area (Å²) in [6, 6.07) is 7.52. The van der Waals surface area contributed by atoms with E-state index in [4.69, 9.17) is 26.3 Å². The van der Waals surface area contributed by atoms with E-state index in [0.29, 0.717) is 37.1 Å². The van der Waals surface area contributed by atoms with Crippen LogP contribution in [0.4, 0.5) is 5.82 Å². The molecule has 1 aromatic heterocycles. The first-order valence-corrected chi connectivity index (χ1v) is 11.3. The number of ether oxygens (including phenoxy) is 1. The summed E-state index contributed by atoms with van der Waals surface area (Å²) in [6.45, 7) is 4.10. The number of hydrogen-bond donors (Lipinski definition) is 0. The lowest BCUT2D eigenvalue weighted by Gasteiger charge is -2.33. The third-order valence-corrected chi connectivity index (χ3v) is 6.41. The van der Waals surface area contributed by atoms with Crippen LogP contribution in [0.15, 0.2) is 40.4 Å². The number of aromatic nitrogens is 2. The number of thioether (sulfide) groups is 1. The van der Waals surface area contributed by atoms with Crippen LogP contribution in [0.5, 0.6) is 0 Å². The zero-order valence-corrected chi connectivity index (χ0v) is 17.9. The van der Waals surface area contributed by atoms with E-state index in [1.807, 2.05) is 29.2 Å². The van der Waals surface area contributed by atoms with Crippen LogP contribution in [0.2, 0.25) is 5.02 Å². The molecule has 10 heteroatoms. The van der Waals surface area contributed by atoms with Crippen molar-refractivity contribution in [3.63, 3.8) is 0 Å². The summed E-state index contributed by atoms with van der Waals surface area (Å²) < 4.78 is 7.12. The molecule has 1 amide bonds. The molecule has 3 aliphatic heterocycles. The summed E-state index contributed by atoms with van der Waals surface area (Å²) in [4.78, 5) is 26.2. The highest BCUT2D eigenvalue weighted by atomic mass is 35.5. The van der Waals surface area contributed by atoms with E-state index in [1.54, 1.807) is 10.9 Å². The van der Waals surface area contributed by atoms with Crippen LogP contribution in [-0.2, 0) is 9.53 Å². The lowest BCUT2D eigenvalue weighted by Crippen LogP contribution is -2.44. The van der Waals surface area contributed by atoms with E-state index in [-0.39, 0.29) is 5.91 Å². The van der Waals surface area contributed by atoms with Gasteiger partial charge in [-0.1, -0.05) is 29.4 Å². The van der Waals surface area contributed by atoms with Gasteiger partial charge < -0.3 is 14.5 Å². The smallest absolute Gasteiger partial charge is 0.233 e. The van der Waals surface area contributed by atoms with Crippen molar-refractivity contribution in [1.29, 1.82) is 0 Å². The normalized spacial score (nSPS) is 18.4. The minimum Gasteiger partial charge on any atom is -0.378 e. The van der Waals surface area contributed by atoms with Crippen molar-refractivity contribution in [1.82, 2.24) is 19.6 Å². The standard InChI is InChI=1S/C20H21ClN6O2S/c21-14-3-1-4-15(11-14)27-19-16(12-23-27)18-22-5-2-6-26(18)20(24-19)30-13-17(28)25-7-9-29-10-8-25/h1,3-4,11-12H,2,5-10,13H2. The van der Waals surface area contributed by atoms with Gasteiger partial charge in [0.15, 0.2) is 11.0 Å². The number of aliphatic imine (C=N–C) groups is 2. The fourth-order valence-corrected chi connectivity index (χ4v) is 4.82. The van der Waals surface area contributed by atoms with Gasteiger partial charge in [0.25, 0.3) is 0 Å². The second kappa shape index (κ2) is 8.41. The molecule has 0 spiro atoms. The molecular weight excluding hydrogens is 424 g/mol. The molecule has 30 heavy (non-hydrogen) atoms. The Hall–Kier alpha value is -2.36. The van der Waals surface area contributed by atoms with E-state index >= 15 is 0 Å². The fourth-order valence-electron chi connectivity index (χ4n) is 3.72. The number of amidine groups is 2. The molecule has 2 aromatic rings. The maximum absolute atomic E-state index is 12.6. The van der Waals surface area contributed by atoms with Crippen molar-refractivity contribution in [2.45, 2.75) is 6.42 Å². The largest absolute Gasteiger partial charge is 0.378 e. The molecule has 1 fully saturated rings. The Morgan fingerprint density at radius 3 is 2.93 bits per heavy atom.